The highest BCUT2D eigenvalue weighted by Crippen LogP contribution is 2.32. The first-order chi connectivity index (χ1) is 16.2. The fourth-order valence-corrected chi connectivity index (χ4v) is 4.31. The van der Waals surface area contributed by atoms with E-state index in [2.05, 4.69) is 25.7 Å². The van der Waals surface area contributed by atoms with E-state index in [1.165, 1.54) is 11.3 Å². The molecule has 2 amide bonds. The summed E-state index contributed by atoms with van der Waals surface area (Å²) < 4.78 is 2.22. The molecule has 3 heterocycles. The second-order valence-electron chi connectivity index (χ2n) is 8.92. The van der Waals surface area contributed by atoms with Crippen molar-refractivity contribution in [3.8, 4) is 0 Å². The number of pyridine rings is 1. The lowest BCUT2D eigenvalue weighted by molar-refractivity contribution is 0.0910. The van der Waals surface area contributed by atoms with Crippen LogP contribution in [0.15, 0.2) is 48.8 Å². The van der Waals surface area contributed by atoms with Crippen LogP contribution in [0.25, 0.3) is 10.3 Å². The quantitative estimate of drug-likeness (QED) is 0.389. The van der Waals surface area contributed by atoms with Gasteiger partial charge in [-0.2, -0.15) is 10.1 Å². The molecule has 0 aliphatic rings. The maximum Gasteiger partial charge on any atom is 0.273 e. The van der Waals surface area contributed by atoms with E-state index >= 15 is 0 Å². The number of amides is 2. The third-order valence-electron chi connectivity index (χ3n) is 5.18. The van der Waals surface area contributed by atoms with Crippen molar-refractivity contribution in [1.82, 2.24) is 25.1 Å². The number of hydrogen-bond donors (Lipinski definition) is 3. The van der Waals surface area contributed by atoms with Crippen molar-refractivity contribution in [2.24, 2.45) is 0 Å². The molecule has 4 rings (SSSR count). The monoisotopic (exact) mass is 478 g/mol. The first-order valence-corrected chi connectivity index (χ1v) is 11.6. The van der Waals surface area contributed by atoms with Gasteiger partial charge in [-0.05, 0) is 51.5 Å². The molecule has 9 nitrogen and oxygen atoms in total. The number of aromatic nitrogens is 4. The first kappa shape index (κ1) is 23.5. The molecular weight excluding hydrogens is 452 g/mol. The molecule has 0 aliphatic carbocycles. The van der Waals surface area contributed by atoms with Crippen LogP contribution in [-0.2, 0) is 5.54 Å². The molecule has 3 aromatic heterocycles. The number of anilines is 1. The fourth-order valence-electron chi connectivity index (χ4n) is 3.39. The molecule has 0 unspecified atom stereocenters. The third-order valence-corrected chi connectivity index (χ3v) is 6.15. The van der Waals surface area contributed by atoms with E-state index in [0.29, 0.717) is 26.6 Å². The van der Waals surface area contributed by atoms with Crippen LogP contribution >= 0.6 is 11.3 Å². The predicted molar refractivity (Wildman–Crippen MR) is 131 cm³/mol. The van der Waals surface area contributed by atoms with E-state index in [4.69, 9.17) is 0 Å². The van der Waals surface area contributed by atoms with Gasteiger partial charge in [0, 0.05) is 18.0 Å². The zero-order valence-corrected chi connectivity index (χ0v) is 20.2. The van der Waals surface area contributed by atoms with E-state index in [-0.39, 0.29) is 18.2 Å². The lowest BCUT2D eigenvalue weighted by Crippen LogP contribution is -2.32. The summed E-state index contributed by atoms with van der Waals surface area (Å²) in [5.41, 5.74) is 2.49. The summed E-state index contributed by atoms with van der Waals surface area (Å²) in [7, 11) is 0. The summed E-state index contributed by atoms with van der Waals surface area (Å²) in [6, 6.07) is 10.1. The molecular formula is C24H26N6O3S. The van der Waals surface area contributed by atoms with Crippen molar-refractivity contribution in [3.05, 3.63) is 71.2 Å². The normalized spacial score (nSPS) is 12.5. The number of carbonyl (C=O) groups is 2. The van der Waals surface area contributed by atoms with Gasteiger partial charge in [0.15, 0.2) is 16.5 Å². The number of hydrogen-bond acceptors (Lipinski definition) is 7. The minimum absolute atomic E-state index is 0.181. The Kier molecular flexibility index (Phi) is 6.45. The molecule has 0 saturated heterocycles. The van der Waals surface area contributed by atoms with Gasteiger partial charge in [0.05, 0.1) is 18.2 Å². The molecule has 0 saturated carbocycles. The summed E-state index contributed by atoms with van der Waals surface area (Å²) in [6.45, 7) is 7.53. The van der Waals surface area contributed by atoms with Crippen LogP contribution in [0.4, 0.5) is 5.13 Å². The number of nitrogens with zero attached hydrogens (tertiary/aromatic N) is 4. The van der Waals surface area contributed by atoms with Gasteiger partial charge in [-0.3, -0.25) is 19.9 Å². The second kappa shape index (κ2) is 9.32. The largest absolute Gasteiger partial charge is 0.394 e. The molecule has 0 spiro atoms. The van der Waals surface area contributed by atoms with Gasteiger partial charge in [0.25, 0.3) is 11.8 Å². The van der Waals surface area contributed by atoms with Gasteiger partial charge < -0.3 is 10.4 Å². The SMILES string of the molecule is Cc1ccc(C(=O)Nc2nc3c(s2)c(C(=O)N[C@@H](CO)c2cccnc2)nn3C(C)(C)C)cc1. The Morgan fingerprint density at radius 2 is 1.88 bits per heavy atom. The van der Waals surface area contributed by atoms with Gasteiger partial charge in [-0.1, -0.05) is 35.1 Å². The number of benzene rings is 1. The zero-order valence-electron chi connectivity index (χ0n) is 19.4. The van der Waals surface area contributed by atoms with Gasteiger partial charge >= 0.3 is 0 Å². The third kappa shape index (κ3) is 4.82. The Morgan fingerprint density at radius 1 is 1.15 bits per heavy atom. The number of thiazole rings is 1. The Bertz CT molecular complexity index is 1320. The topological polar surface area (TPSA) is 122 Å². The van der Waals surface area contributed by atoms with Crippen LogP contribution in [0.2, 0.25) is 0 Å². The maximum absolute atomic E-state index is 13.2. The van der Waals surface area contributed by atoms with E-state index in [9.17, 15) is 14.7 Å². The molecule has 1 atom stereocenters. The van der Waals surface area contributed by atoms with Gasteiger partial charge in [0.1, 0.15) is 4.70 Å². The van der Waals surface area contributed by atoms with E-state index in [1.807, 2.05) is 39.8 Å². The summed E-state index contributed by atoms with van der Waals surface area (Å²) in [5.74, 6) is -0.731. The van der Waals surface area contributed by atoms with Crippen molar-refractivity contribution in [2.45, 2.75) is 39.3 Å². The first-order valence-electron chi connectivity index (χ1n) is 10.8. The Hall–Kier alpha value is -3.63. The number of aliphatic hydroxyl groups excluding tert-OH is 1. The van der Waals surface area contributed by atoms with Crippen molar-refractivity contribution < 1.29 is 14.7 Å². The predicted octanol–water partition coefficient (Wildman–Crippen LogP) is 3.67. The summed E-state index contributed by atoms with van der Waals surface area (Å²) in [5, 5.41) is 20.4. The van der Waals surface area contributed by atoms with Crippen LogP contribution in [0.5, 0.6) is 0 Å². The highest BCUT2D eigenvalue weighted by Gasteiger charge is 2.28. The summed E-state index contributed by atoms with van der Waals surface area (Å²) in [6.07, 6.45) is 3.22. The van der Waals surface area contributed by atoms with Gasteiger partial charge in [0.2, 0.25) is 0 Å². The molecule has 3 N–H and O–H groups in total. The molecule has 34 heavy (non-hydrogen) atoms. The standard InChI is InChI=1S/C24H26N6O3S/c1-14-7-9-15(10-8-14)21(32)28-23-27-20-19(34-23)18(29-30(20)24(2,3)4)22(33)26-17(13-31)16-6-5-11-25-12-16/h5-12,17,31H,13H2,1-4H3,(H,26,33)(H,27,28,32)/t17-/m0/s1. The fraction of sp³-hybridized carbons (Fsp3) is 0.292. The Balaban J connectivity index is 1.66. The number of rotatable bonds is 6. The van der Waals surface area contributed by atoms with Crippen molar-refractivity contribution in [1.29, 1.82) is 0 Å². The highest BCUT2D eigenvalue weighted by molar-refractivity contribution is 7.22. The number of carbonyl (C=O) groups excluding carboxylic acids is 2. The molecule has 176 valence electrons. The summed E-state index contributed by atoms with van der Waals surface area (Å²) >= 11 is 1.18. The smallest absolute Gasteiger partial charge is 0.273 e. The van der Waals surface area contributed by atoms with Crippen molar-refractivity contribution in [2.75, 3.05) is 11.9 Å². The Morgan fingerprint density at radius 3 is 2.50 bits per heavy atom. The number of aliphatic hydroxyl groups is 1. The zero-order chi connectivity index (χ0) is 24.5. The van der Waals surface area contributed by atoms with Crippen LogP contribution in [0.1, 0.15) is 58.8 Å². The van der Waals surface area contributed by atoms with E-state index in [1.54, 1.807) is 41.3 Å². The van der Waals surface area contributed by atoms with Crippen molar-refractivity contribution in [3.63, 3.8) is 0 Å². The molecule has 0 aliphatic heterocycles. The molecule has 4 aromatic rings. The summed E-state index contributed by atoms with van der Waals surface area (Å²) in [4.78, 5) is 34.5. The van der Waals surface area contributed by atoms with Crippen LogP contribution in [0, 0.1) is 6.92 Å². The Labute approximate surface area is 200 Å². The highest BCUT2D eigenvalue weighted by atomic mass is 32.1. The molecule has 10 heteroatoms. The molecule has 0 bridgehead atoms. The van der Waals surface area contributed by atoms with Crippen LogP contribution in [-0.4, -0.2) is 43.3 Å². The average Bonchev–Trinajstić information content (AvgIpc) is 3.36. The molecule has 0 fully saturated rings. The van der Waals surface area contributed by atoms with Crippen LogP contribution in [0.3, 0.4) is 0 Å². The lowest BCUT2D eigenvalue weighted by Gasteiger charge is -2.19. The molecule has 1 aromatic carbocycles. The lowest BCUT2D eigenvalue weighted by atomic mass is 10.1. The van der Waals surface area contributed by atoms with E-state index in [0.717, 1.165) is 5.56 Å². The minimum atomic E-state index is -0.635. The van der Waals surface area contributed by atoms with Gasteiger partial charge in [-0.25, -0.2) is 4.68 Å². The number of nitrogens with one attached hydrogen (secondary N) is 2. The number of fused-ring (bicyclic) bond motifs is 1. The van der Waals surface area contributed by atoms with Gasteiger partial charge in [-0.15, -0.1) is 0 Å². The average molecular weight is 479 g/mol. The molecule has 0 radical (unpaired) electrons. The number of aryl methyl sites for hydroxylation is 1. The van der Waals surface area contributed by atoms with Crippen molar-refractivity contribution >= 4 is 38.6 Å². The van der Waals surface area contributed by atoms with E-state index < -0.39 is 17.5 Å². The second-order valence-corrected chi connectivity index (χ2v) is 9.92. The van der Waals surface area contributed by atoms with Crippen LogP contribution < -0.4 is 10.6 Å². The minimum Gasteiger partial charge on any atom is -0.394 e. The maximum atomic E-state index is 13.2.